The maximum atomic E-state index is 5.21. The second kappa shape index (κ2) is 4.56. The number of ether oxygens (including phenoxy) is 2. The molecular formula is C14H18O2. The van der Waals surface area contributed by atoms with Gasteiger partial charge in [0.25, 0.3) is 0 Å². The van der Waals surface area contributed by atoms with Crippen LogP contribution in [-0.4, -0.2) is 26.4 Å². The van der Waals surface area contributed by atoms with Gasteiger partial charge in [0.05, 0.1) is 26.4 Å². The average Bonchev–Trinajstić information content (AvgIpc) is 2.18. The second-order valence-corrected chi connectivity index (χ2v) is 5.04. The Morgan fingerprint density at radius 1 is 0.875 bits per heavy atom. The third-order valence-electron chi connectivity index (χ3n) is 3.45. The average molecular weight is 218 g/mol. The molecule has 2 aliphatic rings. The van der Waals surface area contributed by atoms with Gasteiger partial charge in [-0.2, -0.15) is 0 Å². The lowest BCUT2D eigenvalue weighted by Gasteiger charge is -2.27. The highest BCUT2D eigenvalue weighted by Crippen LogP contribution is 2.20. The molecular weight excluding hydrogens is 200 g/mol. The van der Waals surface area contributed by atoms with Crippen LogP contribution in [0.25, 0.3) is 0 Å². The molecule has 0 aromatic heterocycles. The molecule has 0 saturated carbocycles. The van der Waals surface area contributed by atoms with E-state index in [2.05, 4.69) is 24.3 Å². The van der Waals surface area contributed by atoms with E-state index in [1.165, 1.54) is 24.0 Å². The Kier molecular flexibility index (Phi) is 2.94. The minimum atomic E-state index is 0.752. The van der Waals surface area contributed by atoms with Gasteiger partial charge in [0.2, 0.25) is 0 Å². The molecule has 86 valence electrons. The first-order valence-electron chi connectivity index (χ1n) is 6.13. The third kappa shape index (κ3) is 2.28. The lowest BCUT2D eigenvalue weighted by atomic mass is 9.93. The molecule has 0 amide bonds. The highest BCUT2D eigenvalue weighted by atomic mass is 16.5. The quantitative estimate of drug-likeness (QED) is 0.770. The number of hydrogen-bond acceptors (Lipinski definition) is 2. The fourth-order valence-electron chi connectivity index (χ4n) is 2.36. The summed E-state index contributed by atoms with van der Waals surface area (Å²) in [6.45, 7) is 3.78. The van der Waals surface area contributed by atoms with Gasteiger partial charge in [-0.25, -0.2) is 0 Å². The van der Waals surface area contributed by atoms with Crippen molar-refractivity contribution in [1.82, 2.24) is 0 Å². The zero-order chi connectivity index (χ0) is 10.8. The SMILES string of the molecule is c1cc(CC2COC2)cc(CC2COC2)c1. The van der Waals surface area contributed by atoms with Crippen molar-refractivity contribution in [3.8, 4) is 0 Å². The fraction of sp³-hybridized carbons (Fsp3) is 0.571. The molecule has 2 aliphatic heterocycles. The van der Waals surface area contributed by atoms with Crippen LogP contribution in [0.4, 0.5) is 0 Å². The molecule has 0 aliphatic carbocycles. The zero-order valence-corrected chi connectivity index (χ0v) is 9.52. The molecule has 1 aromatic carbocycles. The van der Waals surface area contributed by atoms with E-state index in [-0.39, 0.29) is 0 Å². The van der Waals surface area contributed by atoms with E-state index in [4.69, 9.17) is 9.47 Å². The van der Waals surface area contributed by atoms with Crippen LogP contribution in [-0.2, 0) is 22.3 Å². The van der Waals surface area contributed by atoms with Crippen molar-refractivity contribution >= 4 is 0 Å². The molecule has 2 nitrogen and oxygen atoms in total. The van der Waals surface area contributed by atoms with E-state index in [0.29, 0.717) is 0 Å². The molecule has 0 N–H and O–H groups in total. The predicted octanol–water partition coefficient (Wildman–Crippen LogP) is 2.06. The van der Waals surface area contributed by atoms with Gasteiger partial charge < -0.3 is 9.47 Å². The number of benzene rings is 1. The monoisotopic (exact) mass is 218 g/mol. The maximum absolute atomic E-state index is 5.21. The lowest BCUT2D eigenvalue weighted by Crippen LogP contribution is -2.30. The summed E-state index contributed by atoms with van der Waals surface area (Å²) in [5.41, 5.74) is 2.93. The molecule has 1 aromatic rings. The second-order valence-electron chi connectivity index (χ2n) is 5.04. The van der Waals surface area contributed by atoms with E-state index in [1.54, 1.807) is 0 Å². The molecule has 2 heterocycles. The standard InChI is InChI=1S/C14H18O2/c1-2-11(5-13-7-15-8-13)4-12(3-1)6-14-9-16-10-14/h1-4,13-14H,5-10H2. The van der Waals surface area contributed by atoms with Gasteiger partial charge >= 0.3 is 0 Å². The Hall–Kier alpha value is -0.860. The van der Waals surface area contributed by atoms with Crippen LogP contribution in [0.5, 0.6) is 0 Å². The Balaban J connectivity index is 1.61. The van der Waals surface area contributed by atoms with Crippen molar-refractivity contribution in [2.75, 3.05) is 26.4 Å². The number of rotatable bonds is 4. The molecule has 0 spiro atoms. The van der Waals surface area contributed by atoms with E-state index >= 15 is 0 Å². The molecule has 0 unspecified atom stereocenters. The Bertz CT molecular complexity index is 322. The van der Waals surface area contributed by atoms with Crippen molar-refractivity contribution in [1.29, 1.82) is 0 Å². The molecule has 2 heteroatoms. The summed E-state index contributed by atoms with van der Waals surface area (Å²) in [6.07, 6.45) is 2.35. The first-order valence-corrected chi connectivity index (χ1v) is 6.13. The van der Waals surface area contributed by atoms with Crippen molar-refractivity contribution in [2.45, 2.75) is 12.8 Å². The van der Waals surface area contributed by atoms with Crippen LogP contribution in [0, 0.1) is 11.8 Å². The first kappa shape index (κ1) is 10.3. The molecule has 16 heavy (non-hydrogen) atoms. The fourth-order valence-corrected chi connectivity index (χ4v) is 2.36. The highest BCUT2D eigenvalue weighted by Gasteiger charge is 2.20. The predicted molar refractivity (Wildman–Crippen MR) is 62.5 cm³/mol. The highest BCUT2D eigenvalue weighted by molar-refractivity contribution is 5.24. The molecule has 0 radical (unpaired) electrons. The summed E-state index contributed by atoms with van der Waals surface area (Å²) in [6, 6.07) is 9.01. The van der Waals surface area contributed by atoms with Crippen LogP contribution in [0.15, 0.2) is 24.3 Å². The van der Waals surface area contributed by atoms with Gasteiger partial charge in [-0.15, -0.1) is 0 Å². The summed E-state index contributed by atoms with van der Waals surface area (Å²) in [7, 11) is 0. The van der Waals surface area contributed by atoms with E-state index in [1.807, 2.05) is 0 Å². The lowest BCUT2D eigenvalue weighted by molar-refractivity contribution is -0.0318. The summed E-state index contributed by atoms with van der Waals surface area (Å²) in [5, 5.41) is 0. The Morgan fingerprint density at radius 3 is 1.75 bits per heavy atom. The van der Waals surface area contributed by atoms with E-state index in [0.717, 1.165) is 38.3 Å². The molecule has 0 atom stereocenters. The van der Waals surface area contributed by atoms with Gasteiger partial charge in [0.15, 0.2) is 0 Å². The smallest absolute Gasteiger partial charge is 0.0519 e. The molecule has 3 rings (SSSR count). The zero-order valence-electron chi connectivity index (χ0n) is 9.52. The van der Waals surface area contributed by atoms with Crippen LogP contribution in [0.3, 0.4) is 0 Å². The third-order valence-corrected chi connectivity index (χ3v) is 3.45. The molecule has 2 fully saturated rings. The molecule has 2 saturated heterocycles. The van der Waals surface area contributed by atoms with Crippen LogP contribution in [0.1, 0.15) is 11.1 Å². The minimum absolute atomic E-state index is 0.752. The van der Waals surface area contributed by atoms with Gasteiger partial charge in [0, 0.05) is 11.8 Å². The topological polar surface area (TPSA) is 18.5 Å². The number of hydrogen-bond donors (Lipinski definition) is 0. The Labute approximate surface area is 96.6 Å². The summed E-state index contributed by atoms with van der Waals surface area (Å²) < 4.78 is 10.4. The summed E-state index contributed by atoms with van der Waals surface area (Å²) >= 11 is 0. The maximum Gasteiger partial charge on any atom is 0.0519 e. The Morgan fingerprint density at radius 2 is 1.38 bits per heavy atom. The van der Waals surface area contributed by atoms with Gasteiger partial charge in [-0.05, 0) is 24.0 Å². The first-order chi connectivity index (χ1) is 7.90. The van der Waals surface area contributed by atoms with Gasteiger partial charge in [-0.3, -0.25) is 0 Å². The normalized spacial score (nSPS) is 21.5. The van der Waals surface area contributed by atoms with Gasteiger partial charge in [-0.1, -0.05) is 24.3 Å². The van der Waals surface area contributed by atoms with Crippen LogP contribution >= 0.6 is 0 Å². The van der Waals surface area contributed by atoms with E-state index < -0.39 is 0 Å². The van der Waals surface area contributed by atoms with Gasteiger partial charge in [0.1, 0.15) is 0 Å². The van der Waals surface area contributed by atoms with Crippen LogP contribution in [0.2, 0.25) is 0 Å². The van der Waals surface area contributed by atoms with Crippen molar-refractivity contribution in [2.24, 2.45) is 11.8 Å². The summed E-state index contributed by atoms with van der Waals surface area (Å²) in [4.78, 5) is 0. The van der Waals surface area contributed by atoms with Crippen molar-refractivity contribution in [3.05, 3.63) is 35.4 Å². The summed E-state index contributed by atoms with van der Waals surface area (Å²) in [5.74, 6) is 1.50. The van der Waals surface area contributed by atoms with Crippen molar-refractivity contribution in [3.63, 3.8) is 0 Å². The van der Waals surface area contributed by atoms with Crippen LogP contribution < -0.4 is 0 Å². The largest absolute Gasteiger partial charge is 0.381 e. The molecule has 0 bridgehead atoms. The van der Waals surface area contributed by atoms with Crippen molar-refractivity contribution < 1.29 is 9.47 Å². The minimum Gasteiger partial charge on any atom is -0.381 e. The van der Waals surface area contributed by atoms with E-state index in [9.17, 15) is 0 Å².